The van der Waals surface area contributed by atoms with Crippen molar-refractivity contribution < 1.29 is 23.8 Å². The predicted molar refractivity (Wildman–Crippen MR) is 171 cm³/mol. The molecule has 3 aromatic rings. The van der Waals surface area contributed by atoms with Gasteiger partial charge in [0.15, 0.2) is 0 Å². The maximum absolute atomic E-state index is 14.5. The van der Waals surface area contributed by atoms with E-state index in [1.54, 1.807) is 6.07 Å². The summed E-state index contributed by atoms with van der Waals surface area (Å²) >= 11 is 3.39. The maximum atomic E-state index is 14.5. The zero-order chi connectivity index (χ0) is 30.8. The smallest absolute Gasteiger partial charge is 0.408 e. The first-order valence-electron chi connectivity index (χ1n) is 15.3. The third-order valence-corrected chi connectivity index (χ3v) is 9.56. The van der Waals surface area contributed by atoms with Gasteiger partial charge in [0.2, 0.25) is 0 Å². The number of amides is 2. The monoisotopic (exact) mass is 661 g/mol. The van der Waals surface area contributed by atoms with Crippen molar-refractivity contribution in [3.63, 3.8) is 0 Å². The first-order valence-corrected chi connectivity index (χ1v) is 16.1. The Labute approximate surface area is 265 Å². The van der Waals surface area contributed by atoms with Gasteiger partial charge < -0.3 is 20.1 Å². The molecule has 3 aromatic carbocycles. The lowest BCUT2D eigenvalue weighted by Gasteiger charge is -2.47. The molecule has 1 aliphatic carbocycles. The van der Waals surface area contributed by atoms with Crippen molar-refractivity contribution in [1.29, 1.82) is 0 Å². The SMILES string of the molecule is Cc1ccccc1CN(C(=O)C1=C(c2ccc(CCCOc3cc(F)ccc3Br)cc2)C[C@@H]2CNC[C@H]1N2C(=O)O)C1CC1. The lowest BCUT2D eigenvalue weighted by atomic mass is 9.81. The van der Waals surface area contributed by atoms with Crippen molar-refractivity contribution in [2.75, 3.05) is 19.7 Å². The molecule has 9 heteroatoms. The number of benzene rings is 3. The van der Waals surface area contributed by atoms with Crippen molar-refractivity contribution in [3.8, 4) is 5.75 Å². The van der Waals surface area contributed by atoms with Gasteiger partial charge in [-0.25, -0.2) is 9.18 Å². The highest BCUT2D eigenvalue weighted by Gasteiger charge is 2.46. The van der Waals surface area contributed by atoms with E-state index in [0.29, 0.717) is 44.0 Å². The first-order chi connectivity index (χ1) is 21.3. The van der Waals surface area contributed by atoms with E-state index in [4.69, 9.17) is 4.74 Å². The molecule has 7 nitrogen and oxygen atoms in total. The van der Waals surface area contributed by atoms with Crippen LogP contribution in [0.25, 0.3) is 5.57 Å². The summed E-state index contributed by atoms with van der Waals surface area (Å²) in [5, 5.41) is 13.6. The van der Waals surface area contributed by atoms with Crippen LogP contribution < -0.4 is 10.1 Å². The van der Waals surface area contributed by atoms with E-state index in [2.05, 4.69) is 64.6 Å². The molecule has 0 aromatic heterocycles. The highest BCUT2D eigenvalue weighted by Crippen LogP contribution is 2.40. The summed E-state index contributed by atoms with van der Waals surface area (Å²) in [6, 6.07) is 20.2. The van der Waals surface area contributed by atoms with Crippen LogP contribution in [0, 0.1) is 12.7 Å². The largest absolute Gasteiger partial charge is 0.492 e. The van der Waals surface area contributed by atoms with Gasteiger partial charge in [0.25, 0.3) is 5.91 Å². The number of carboxylic acid groups (broad SMARTS) is 1. The van der Waals surface area contributed by atoms with E-state index >= 15 is 0 Å². The first kappa shape index (κ1) is 30.3. The van der Waals surface area contributed by atoms with Crippen LogP contribution in [0.5, 0.6) is 5.75 Å². The summed E-state index contributed by atoms with van der Waals surface area (Å²) in [7, 11) is 0. The van der Waals surface area contributed by atoms with Gasteiger partial charge in [-0.05, 0) is 94.9 Å². The van der Waals surface area contributed by atoms with Crippen LogP contribution in [0.15, 0.2) is 76.8 Å². The summed E-state index contributed by atoms with van der Waals surface area (Å²) in [6.07, 6.45) is 2.96. The van der Waals surface area contributed by atoms with Crippen LogP contribution in [0.1, 0.15) is 47.9 Å². The number of piperazine rings is 1. The molecule has 2 N–H and O–H groups in total. The molecule has 1 saturated heterocycles. The van der Waals surface area contributed by atoms with Crippen LogP contribution >= 0.6 is 15.9 Å². The van der Waals surface area contributed by atoms with Crippen LogP contribution in [0.2, 0.25) is 0 Å². The fraction of sp³-hybridized carbons (Fsp3) is 0.371. The van der Waals surface area contributed by atoms with Crippen LogP contribution in [0.3, 0.4) is 0 Å². The minimum atomic E-state index is -0.981. The molecule has 44 heavy (non-hydrogen) atoms. The molecular weight excluding hydrogens is 625 g/mol. The molecule has 2 aliphatic heterocycles. The molecule has 0 radical (unpaired) electrons. The van der Waals surface area contributed by atoms with Gasteiger partial charge in [-0.1, -0.05) is 48.5 Å². The number of halogens is 2. The lowest BCUT2D eigenvalue weighted by molar-refractivity contribution is -0.129. The highest BCUT2D eigenvalue weighted by molar-refractivity contribution is 9.10. The number of fused-ring (bicyclic) bond motifs is 2. The highest BCUT2D eigenvalue weighted by atomic mass is 79.9. The normalized spacial score (nSPS) is 19.6. The molecule has 0 unspecified atom stereocenters. The Balaban J connectivity index is 1.25. The molecule has 2 heterocycles. The zero-order valence-corrected chi connectivity index (χ0v) is 26.4. The predicted octanol–water partition coefficient (Wildman–Crippen LogP) is 6.58. The molecular formula is C35H37BrFN3O4. The number of hydrogen-bond donors (Lipinski definition) is 2. The molecule has 230 valence electrons. The summed E-state index contributed by atoms with van der Waals surface area (Å²) in [5.74, 6) is 0.0873. The summed E-state index contributed by atoms with van der Waals surface area (Å²) in [5.41, 5.74) is 5.89. The minimum Gasteiger partial charge on any atom is -0.492 e. The minimum absolute atomic E-state index is 0.0612. The summed E-state index contributed by atoms with van der Waals surface area (Å²) < 4.78 is 20.1. The molecule has 2 atom stereocenters. The van der Waals surface area contributed by atoms with E-state index < -0.39 is 12.1 Å². The van der Waals surface area contributed by atoms with Gasteiger partial charge in [-0.15, -0.1) is 0 Å². The van der Waals surface area contributed by atoms with Crippen LogP contribution in [-0.4, -0.2) is 64.7 Å². The van der Waals surface area contributed by atoms with E-state index in [1.807, 2.05) is 17.0 Å². The molecule has 2 fully saturated rings. The van der Waals surface area contributed by atoms with Gasteiger partial charge in [-0.2, -0.15) is 0 Å². The zero-order valence-electron chi connectivity index (χ0n) is 24.8. The van der Waals surface area contributed by atoms with Gasteiger partial charge >= 0.3 is 6.09 Å². The van der Waals surface area contributed by atoms with E-state index in [-0.39, 0.29) is 23.8 Å². The van der Waals surface area contributed by atoms with E-state index in [1.165, 1.54) is 17.0 Å². The number of nitrogens with zero attached hydrogens (tertiary/aromatic N) is 2. The topological polar surface area (TPSA) is 82.1 Å². The standard InChI is InChI=1S/C35H37BrFN3O4/c1-22-5-2-3-7-25(22)21-39(27-13-14-27)34(41)33-29(18-28-19-38-20-31(33)40(28)35(42)43)24-10-8-23(9-11-24)6-4-16-44-32-17-26(37)12-15-30(32)36/h2-3,5,7-12,15,17,27-28,31,38H,4,6,13-14,16,18-21H2,1H3,(H,42,43)/t28-,31-/m1/s1. The number of carbonyl (C=O) groups excluding carboxylic acids is 1. The number of rotatable bonds is 10. The summed E-state index contributed by atoms with van der Waals surface area (Å²) in [4.78, 5) is 30.4. The molecule has 2 bridgehead atoms. The Kier molecular flexibility index (Phi) is 9.05. The molecule has 0 spiro atoms. The molecule has 6 rings (SSSR count). The Bertz CT molecular complexity index is 1570. The summed E-state index contributed by atoms with van der Waals surface area (Å²) in [6.45, 7) is 3.99. The Morgan fingerprint density at radius 2 is 1.86 bits per heavy atom. The number of carbonyl (C=O) groups is 2. The number of nitrogens with one attached hydrogen (secondary N) is 1. The third-order valence-electron chi connectivity index (χ3n) is 8.91. The lowest BCUT2D eigenvalue weighted by Crippen LogP contribution is -2.63. The maximum Gasteiger partial charge on any atom is 0.408 e. The molecule has 3 aliphatic rings. The van der Waals surface area contributed by atoms with Crippen molar-refractivity contribution in [2.45, 2.75) is 63.7 Å². The fourth-order valence-corrected chi connectivity index (χ4v) is 6.79. The van der Waals surface area contributed by atoms with Crippen LogP contribution in [-0.2, 0) is 17.8 Å². The average Bonchev–Trinajstić information content (AvgIpc) is 3.85. The fourth-order valence-electron chi connectivity index (χ4n) is 6.43. The van der Waals surface area contributed by atoms with Crippen LogP contribution in [0.4, 0.5) is 9.18 Å². The van der Waals surface area contributed by atoms with Crippen molar-refractivity contribution >= 4 is 33.5 Å². The Morgan fingerprint density at radius 1 is 1.09 bits per heavy atom. The van der Waals surface area contributed by atoms with Crippen molar-refractivity contribution in [1.82, 2.24) is 15.1 Å². The van der Waals surface area contributed by atoms with Gasteiger partial charge in [0.1, 0.15) is 11.6 Å². The third kappa shape index (κ3) is 6.54. The second-order valence-corrected chi connectivity index (χ2v) is 12.8. The molecule has 1 saturated carbocycles. The number of ether oxygens (including phenoxy) is 1. The van der Waals surface area contributed by atoms with Gasteiger partial charge in [0.05, 0.1) is 23.2 Å². The van der Waals surface area contributed by atoms with E-state index in [9.17, 15) is 19.1 Å². The van der Waals surface area contributed by atoms with E-state index in [0.717, 1.165) is 58.0 Å². The van der Waals surface area contributed by atoms with Gasteiger partial charge in [-0.3, -0.25) is 9.69 Å². The molecule has 2 amide bonds. The second kappa shape index (κ2) is 13.1. The van der Waals surface area contributed by atoms with Crippen molar-refractivity contribution in [2.24, 2.45) is 0 Å². The quantitative estimate of drug-likeness (QED) is 0.240. The van der Waals surface area contributed by atoms with Gasteiger partial charge in [0, 0.05) is 37.3 Å². The number of hydrogen-bond acceptors (Lipinski definition) is 4. The Morgan fingerprint density at radius 3 is 2.59 bits per heavy atom. The number of aryl methyl sites for hydroxylation is 2. The van der Waals surface area contributed by atoms with Crippen molar-refractivity contribution in [3.05, 3.63) is 105 Å². The Hall–Kier alpha value is -3.69. The second-order valence-electron chi connectivity index (χ2n) is 11.9. The average molecular weight is 663 g/mol.